The first-order valence-electron chi connectivity index (χ1n) is 9.49. The van der Waals surface area contributed by atoms with E-state index in [1.165, 1.54) is 12.6 Å². The number of piperidine rings is 1. The Morgan fingerprint density at radius 3 is 2.25 bits per heavy atom. The minimum atomic E-state index is -0.0406. The lowest BCUT2D eigenvalue weighted by molar-refractivity contribution is 0.0718. The molecule has 1 aromatic heterocycles. The first-order valence-corrected chi connectivity index (χ1v) is 9.49. The average molecular weight is 374 g/mol. The van der Waals surface area contributed by atoms with Crippen molar-refractivity contribution in [1.82, 2.24) is 14.9 Å². The van der Waals surface area contributed by atoms with Crippen molar-refractivity contribution in [3.8, 4) is 11.5 Å². The number of benzene rings is 2. The summed E-state index contributed by atoms with van der Waals surface area (Å²) in [5.41, 5.74) is 1.25. The van der Waals surface area contributed by atoms with E-state index in [4.69, 9.17) is 4.74 Å². The van der Waals surface area contributed by atoms with Gasteiger partial charge >= 0.3 is 0 Å². The van der Waals surface area contributed by atoms with E-state index in [9.17, 15) is 4.79 Å². The van der Waals surface area contributed by atoms with E-state index < -0.39 is 0 Å². The molecule has 1 fully saturated rings. The molecule has 4 rings (SSSR count). The number of carbonyl (C=O) groups is 1. The smallest absolute Gasteiger partial charge is 0.274 e. The Morgan fingerprint density at radius 1 is 0.857 bits per heavy atom. The van der Waals surface area contributed by atoms with E-state index >= 15 is 0 Å². The van der Waals surface area contributed by atoms with Crippen LogP contribution in [0.15, 0.2) is 67.0 Å². The molecule has 0 unspecified atom stereocenters. The summed E-state index contributed by atoms with van der Waals surface area (Å²) in [6.45, 7) is 1.61. The van der Waals surface area contributed by atoms with Gasteiger partial charge in [0.25, 0.3) is 5.91 Å². The van der Waals surface area contributed by atoms with E-state index in [1.54, 1.807) is 6.20 Å². The summed E-state index contributed by atoms with van der Waals surface area (Å²) >= 11 is 0. The summed E-state index contributed by atoms with van der Waals surface area (Å²) in [5, 5.41) is 3.19. The van der Waals surface area contributed by atoms with Crippen molar-refractivity contribution < 1.29 is 9.53 Å². The van der Waals surface area contributed by atoms with Crippen molar-refractivity contribution in [2.45, 2.75) is 19.3 Å². The Balaban J connectivity index is 1.37. The fourth-order valence-electron chi connectivity index (χ4n) is 3.14. The number of anilines is 2. The van der Waals surface area contributed by atoms with Gasteiger partial charge in [-0.2, -0.15) is 0 Å². The number of aromatic nitrogens is 2. The molecule has 0 spiro atoms. The molecule has 142 valence electrons. The highest BCUT2D eigenvalue weighted by Gasteiger charge is 2.19. The molecule has 2 aromatic carbocycles. The minimum Gasteiger partial charge on any atom is -0.457 e. The van der Waals surface area contributed by atoms with Crippen LogP contribution >= 0.6 is 0 Å². The Hall–Kier alpha value is -3.41. The standard InChI is InChI=1S/C22H22N4O2/c27-22(26-13-5-2-6-14-26)20-15-24-21(16-23-20)25-17-9-11-19(12-10-17)28-18-7-3-1-4-8-18/h1,3-4,7-12,15-16H,2,5-6,13-14H2,(H,24,25). The Bertz CT molecular complexity index is 906. The monoisotopic (exact) mass is 374 g/mol. The molecule has 0 aliphatic carbocycles. The lowest BCUT2D eigenvalue weighted by Gasteiger charge is -2.26. The third-order valence-corrected chi connectivity index (χ3v) is 4.62. The lowest BCUT2D eigenvalue weighted by Crippen LogP contribution is -2.36. The van der Waals surface area contributed by atoms with Crippen molar-refractivity contribution in [2.75, 3.05) is 18.4 Å². The number of nitrogens with one attached hydrogen (secondary N) is 1. The van der Waals surface area contributed by atoms with Crippen molar-refractivity contribution in [3.05, 3.63) is 72.7 Å². The van der Waals surface area contributed by atoms with Crippen molar-refractivity contribution in [1.29, 1.82) is 0 Å². The zero-order valence-electron chi connectivity index (χ0n) is 15.5. The summed E-state index contributed by atoms with van der Waals surface area (Å²) in [4.78, 5) is 22.9. The van der Waals surface area contributed by atoms with Crippen LogP contribution in [0.25, 0.3) is 0 Å². The summed E-state index contributed by atoms with van der Waals surface area (Å²) < 4.78 is 5.79. The zero-order chi connectivity index (χ0) is 19.2. The van der Waals surface area contributed by atoms with Gasteiger partial charge in [0.2, 0.25) is 0 Å². The number of likely N-dealkylation sites (tertiary alicyclic amines) is 1. The fourth-order valence-corrected chi connectivity index (χ4v) is 3.14. The van der Waals surface area contributed by atoms with Gasteiger partial charge in [-0.3, -0.25) is 4.79 Å². The largest absolute Gasteiger partial charge is 0.457 e. The van der Waals surface area contributed by atoms with Crippen LogP contribution in [0.4, 0.5) is 11.5 Å². The van der Waals surface area contributed by atoms with Crippen LogP contribution in [0.5, 0.6) is 11.5 Å². The molecular weight excluding hydrogens is 352 g/mol. The third kappa shape index (κ3) is 4.46. The molecule has 28 heavy (non-hydrogen) atoms. The quantitative estimate of drug-likeness (QED) is 0.705. The fraction of sp³-hybridized carbons (Fsp3) is 0.227. The van der Waals surface area contributed by atoms with E-state index in [1.807, 2.05) is 59.5 Å². The van der Waals surface area contributed by atoms with Gasteiger partial charge in [-0.15, -0.1) is 0 Å². The first kappa shape index (κ1) is 18.0. The molecule has 1 amide bonds. The highest BCUT2D eigenvalue weighted by molar-refractivity contribution is 5.92. The van der Waals surface area contributed by atoms with Gasteiger partial charge in [-0.1, -0.05) is 18.2 Å². The SMILES string of the molecule is O=C(c1cnc(Nc2ccc(Oc3ccccc3)cc2)cn1)N1CCCCC1. The molecule has 1 N–H and O–H groups in total. The second kappa shape index (κ2) is 8.52. The highest BCUT2D eigenvalue weighted by Crippen LogP contribution is 2.23. The number of ether oxygens (including phenoxy) is 1. The van der Waals surface area contributed by atoms with E-state index in [-0.39, 0.29) is 5.91 Å². The predicted octanol–water partition coefficient (Wildman–Crippen LogP) is 4.64. The average Bonchev–Trinajstić information content (AvgIpc) is 2.76. The molecule has 0 bridgehead atoms. The molecule has 1 aliphatic rings. The molecule has 0 radical (unpaired) electrons. The van der Waals surface area contributed by atoms with Crippen molar-refractivity contribution >= 4 is 17.4 Å². The van der Waals surface area contributed by atoms with Crippen LogP contribution in [-0.4, -0.2) is 33.9 Å². The number of rotatable bonds is 5. The number of nitrogens with zero attached hydrogens (tertiary/aromatic N) is 3. The van der Waals surface area contributed by atoms with Gasteiger partial charge in [0.05, 0.1) is 12.4 Å². The van der Waals surface area contributed by atoms with E-state index in [0.717, 1.165) is 43.1 Å². The van der Waals surface area contributed by atoms with Gasteiger partial charge in [0.15, 0.2) is 0 Å². The van der Waals surface area contributed by atoms with Crippen LogP contribution in [-0.2, 0) is 0 Å². The Kier molecular flexibility index (Phi) is 5.47. The van der Waals surface area contributed by atoms with Crippen molar-refractivity contribution in [2.24, 2.45) is 0 Å². The van der Waals surface area contributed by atoms with Crippen LogP contribution in [0.2, 0.25) is 0 Å². The molecule has 6 nitrogen and oxygen atoms in total. The van der Waals surface area contributed by atoms with Crippen LogP contribution < -0.4 is 10.1 Å². The normalized spacial score (nSPS) is 13.8. The Labute approximate surface area is 164 Å². The summed E-state index contributed by atoms with van der Waals surface area (Å²) in [7, 11) is 0. The van der Waals surface area contributed by atoms with Gasteiger partial charge in [-0.25, -0.2) is 9.97 Å². The van der Waals surface area contributed by atoms with E-state index in [0.29, 0.717) is 11.5 Å². The maximum atomic E-state index is 12.4. The van der Waals surface area contributed by atoms with Crippen LogP contribution in [0, 0.1) is 0 Å². The minimum absolute atomic E-state index is 0.0406. The Morgan fingerprint density at radius 2 is 1.57 bits per heavy atom. The molecule has 1 aliphatic heterocycles. The number of para-hydroxylation sites is 1. The molecule has 1 saturated heterocycles. The topological polar surface area (TPSA) is 67.3 Å². The maximum Gasteiger partial charge on any atom is 0.274 e. The molecule has 6 heteroatoms. The summed E-state index contributed by atoms with van der Waals surface area (Å²) in [6.07, 6.45) is 6.43. The zero-order valence-corrected chi connectivity index (χ0v) is 15.5. The maximum absolute atomic E-state index is 12.4. The summed E-state index contributed by atoms with van der Waals surface area (Å²) in [5.74, 6) is 2.10. The summed E-state index contributed by atoms with van der Waals surface area (Å²) in [6, 6.07) is 17.2. The molecule has 3 aromatic rings. The second-order valence-electron chi connectivity index (χ2n) is 6.70. The van der Waals surface area contributed by atoms with Gasteiger partial charge in [0, 0.05) is 18.8 Å². The van der Waals surface area contributed by atoms with Crippen molar-refractivity contribution in [3.63, 3.8) is 0 Å². The second-order valence-corrected chi connectivity index (χ2v) is 6.70. The number of hydrogen-bond acceptors (Lipinski definition) is 5. The lowest BCUT2D eigenvalue weighted by atomic mass is 10.1. The van der Waals surface area contributed by atoms with Gasteiger partial charge in [0.1, 0.15) is 23.0 Å². The van der Waals surface area contributed by atoms with Crippen LogP contribution in [0.1, 0.15) is 29.8 Å². The molecular formula is C22H22N4O2. The molecule has 0 atom stereocenters. The predicted molar refractivity (Wildman–Crippen MR) is 108 cm³/mol. The molecule has 2 heterocycles. The highest BCUT2D eigenvalue weighted by atomic mass is 16.5. The number of amides is 1. The van der Waals surface area contributed by atoms with Gasteiger partial charge < -0.3 is 15.0 Å². The number of hydrogen-bond donors (Lipinski definition) is 1. The first-order chi connectivity index (χ1) is 13.8. The van der Waals surface area contributed by atoms with E-state index in [2.05, 4.69) is 15.3 Å². The third-order valence-electron chi connectivity index (χ3n) is 4.62. The van der Waals surface area contributed by atoms with Crippen LogP contribution in [0.3, 0.4) is 0 Å². The molecule has 0 saturated carbocycles. The van der Waals surface area contributed by atoms with Gasteiger partial charge in [-0.05, 0) is 55.7 Å². The number of carbonyl (C=O) groups excluding carboxylic acids is 1.